The van der Waals surface area contributed by atoms with E-state index in [-0.39, 0.29) is 11.8 Å². The van der Waals surface area contributed by atoms with Gasteiger partial charge in [-0.25, -0.2) is 0 Å². The second kappa shape index (κ2) is 7.62. The molecule has 5 heteroatoms. The summed E-state index contributed by atoms with van der Waals surface area (Å²) in [5, 5.41) is 6.18. The maximum Gasteiger partial charge on any atom is 0.244 e. The van der Waals surface area contributed by atoms with Gasteiger partial charge in [-0.2, -0.15) is 0 Å². The van der Waals surface area contributed by atoms with E-state index in [1.807, 2.05) is 4.90 Å². The molecule has 2 rings (SSSR count). The number of carbonyl (C=O) groups excluding carboxylic acids is 2. The monoisotopic (exact) mass is 281 g/mol. The van der Waals surface area contributed by atoms with Crippen LogP contribution in [0.5, 0.6) is 0 Å². The lowest BCUT2D eigenvalue weighted by molar-refractivity contribution is -0.137. The summed E-state index contributed by atoms with van der Waals surface area (Å²) in [6, 6.07) is -0.392. The Labute approximate surface area is 121 Å². The summed E-state index contributed by atoms with van der Waals surface area (Å²) in [6.07, 6.45) is 6.15. The van der Waals surface area contributed by atoms with E-state index >= 15 is 0 Å². The lowest BCUT2D eigenvalue weighted by atomic mass is 9.96. The van der Waals surface area contributed by atoms with Crippen molar-refractivity contribution in [2.24, 2.45) is 5.92 Å². The molecule has 2 N–H and O–H groups in total. The zero-order chi connectivity index (χ0) is 14.4. The van der Waals surface area contributed by atoms with Crippen LogP contribution in [0, 0.1) is 5.92 Å². The van der Waals surface area contributed by atoms with Gasteiger partial charge in [-0.05, 0) is 58.0 Å². The lowest BCUT2D eigenvalue weighted by Gasteiger charge is -2.30. The predicted octanol–water partition coefficient (Wildman–Crippen LogP) is 0.893. The molecule has 0 aromatic heterocycles. The largest absolute Gasteiger partial charge is 0.345 e. The third-order valence-corrected chi connectivity index (χ3v) is 4.29. The summed E-state index contributed by atoms with van der Waals surface area (Å²) in [6.45, 7) is 5.45. The predicted molar refractivity (Wildman–Crippen MR) is 78.2 cm³/mol. The molecule has 5 nitrogen and oxygen atoms in total. The van der Waals surface area contributed by atoms with E-state index in [2.05, 4.69) is 10.6 Å². The first-order valence-electron chi connectivity index (χ1n) is 7.95. The Morgan fingerprint density at radius 2 is 2.00 bits per heavy atom. The van der Waals surface area contributed by atoms with E-state index in [0.717, 1.165) is 51.9 Å². The smallest absolute Gasteiger partial charge is 0.244 e. The Morgan fingerprint density at radius 1 is 1.25 bits per heavy atom. The van der Waals surface area contributed by atoms with E-state index in [0.29, 0.717) is 12.3 Å². The van der Waals surface area contributed by atoms with Gasteiger partial charge < -0.3 is 15.5 Å². The highest BCUT2D eigenvalue weighted by Gasteiger charge is 2.24. The third kappa shape index (κ3) is 4.47. The molecule has 2 unspecified atom stereocenters. The van der Waals surface area contributed by atoms with E-state index < -0.39 is 6.04 Å². The zero-order valence-electron chi connectivity index (χ0n) is 12.5. The van der Waals surface area contributed by atoms with Crippen LogP contribution in [0.25, 0.3) is 0 Å². The Morgan fingerprint density at radius 3 is 2.65 bits per heavy atom. The quantitative estimate of drug-likeness (QED) is 0.804. The summed E-state index contributed by atoms with van der Waals surface area (Å²) in [5.74, 6) is 0.498. The first kappa shape index (κ1) is 15.3. The minimum atomic E-state index is -0.392. The van der Waals surface area contributed by atoms with Crippen molar-refractivity contribution in [3.05, 3.63) is 0 Å². The van der Waals surface area contributed by atoms with Gasteiger partial charge >= 0.3 is 0 Å². The van der Waals surface area contributed by atoms with Crippen molar-refractivity contribution in [3.63, 3.8) is 0 Å². The van der Waals surface area contributed by atoms with Gasteiger partial charge in [0.1, 0.15) is 6.04 Å². The van der Waals surface area contributed by atoms with Crippen LogP contribution < -0.4 is 10.6 Å². The van der Waals surface area contributed by atoms with Gasteiger partial charge in [0, 0.05) is 19.5 Å². The molecule has 0 aromatic rings. The maximum atomic E-state index is 12.2. The number of likely N-dealkylation sites (tertiary alicyclic amines) is 1. The maximum absolute atomic E-state index is 12.2. The number of rotatable bonds is 4. The summed E-state index contributed by atoms with van der Waals surface area (Å²) < 4.78 is 0. The molecule has 2 saturated heterocycles. The molecule has 0 bridgehead atoms. The molecule has 2 aliphatic heterocycles. The van der Waals surface area contributed by atoms with Crippen LogP contribution in [0.1, 0.15) is 45.4 Å². The van der Waals surface area contributed by atoms with Gasteiger partial charge in [-0.15, -0.1) is 0 Å². The minimum absolute atomic E-state index is 0.0107. The topological polar surface area (TPSA) is 61.4 Å². The Bertz CT molecular complexity index is 334. The van der Waals surface area contributed by atoms with Crippen LogP contribution in [0.15, 0.2) is 0 Å². The molecule has 0 aliphatic carbocycles. The summed E-state index contributed by atoms with van der Waals surface area (Å²) in [4.78, 5) is 26.1. The highest BCUT2D eigenvalue weighted by atomic mass is 16.2. The molecule has 0 spiro atoms. The molecule has 2 fully saturated rings. The average molecular weight is 281 g/mol. The minimum Gasteiger partial charge on any atom is -0.345 e. The van der Waals surface area contributed by atoms with Crippen LogP contribution in [0.3, 0.4) is 0 Å². The van der Waals surface area contributed by atoms with E-state index in [9.17, 15) is 9.59 Å². The first-order chi connectivity index (χ1) is 9.66. The van der Waals surface area contributed by atoms with Crippen molar-refractivity contribution in [3.8, 4) is 0 Å². The van der Waals surface area contributed by atoms with E-state index in [1.165, 1.54) is 6.42 Å². The molecule has 2 atom stereocenters. The lowest BCUT2D eigenvalue weighted by Crippen LogP contribution is -2.49. The SMILES string of the molecule is CC(NC(=O)CC1CCCNC1)C(=O)N1CCCCC1. The van der Waals surface area contributed by atoms with Crippen molar-refractivity contribution in [1.29, 1.82) is 0 Å². The number of nitrogens with one attached hydrogen (secondary N) is 2. The Balaban J connectivity index is 1.73. The van der Waals surface area contributed by atoms with Crippen LogP contribution in [0.2, 0.25) is 0 Å². The van der Waals surface area contributed by atoms with Gasteiger partial charge in [0.25, 0.3) is 0 Å². The molecule has 114 valence electrons. The molecule has 0 saturated carbocycles. The number of hydrogen-bond acceptors (Lipinski definition) is 3. The van der Waals surface area contributed by atoms with Gasteiger partial charge in [0.2, 0.25) is 11.8 Å². The molecular weight excluding hydrogens is 254 g/mol. The zero-order valence-corrected chi connectivity index (χ0v) is 12.5. The second-order valence-electron chi connectivity index (χ2n) is 6.09. The molecule has 2 heterocycles. The molecule has 0 aromatic carbocycles. The normalized spacial score (nSPS) is 25.1. The van der Waals surface area contributed by atoms with Crippen molar-refractivity contribution in [1.82, 2.24) is 15.5 Å². The van der Waals surface area contributed by atoms with Gasteiger partial charge in [0.05, 0.1) is 0 Å². The molecular formula is C15H27N3O2. The fourth-order valence-electron chi connectivity index (χ4n) is 3.11. The van der Waals surface area contributed by atoms with Gasteiger partial charge in [-0.3, -0.25) is 9.59 Å². The fraction of sp³-hybridized carbons (Fsp3) is 0.867. The Kier molecular flexibility index (Phi) is 5.83. The molecule has 0 radical (unpaired) electrons. The Hall–Kier alpha value is -1.10. The molecule has 2 aliphatic rings. The number of piperidine rings is 2. The van der Waals surface area contributed by atoms with Crippen molar-refractivity contribution < 1.29 is 9.59 Å². The molecule has 20 heavy (non-hydrogen) atoms. The number of hydrogen-bond donors (Lipinski definition) is 2. The van der Waals surface area contributed by atoms with Crippen molar-refractivity contribution in [2.45, 2.75) is 51.5 Å². The summed E-state index contributed by atoms with van der Waals surface area (Å²) >= 11 is 0. The van der Waals surface area contributed by atoms with Gasteiger partial charge in [-0.1, -0.05) is 0 Å². The highest BCUT2D eigenvalue weighted by molar-refractivity contribution is 5.87. The second-order valence-corrected chi connectivity index (χ2v) is 6.09. The van der Waals surface area contributed by atoms with Crippen LogP contribution in [-0.2, 0) is 9.59 Å². The first-order valence-corrected chi connectivity index (χ1v) is 7.95. The highest BCUT2D eigenvalue weighted by Crippen LogP contribution is 2.14. The summed E-state index contributed by atoms with van der Waals surface area (Å²) in [7, 11) is 0. The van der Waals surface area contributed by atoms with E-state index in [4.69, 9.17) is 0 Å². The standard InChI is InChI=1S/C15H27N3O2/c1-12(15(20)18-8-3-2-4-9-18)17-14(19)10-13-6-5-7-16-11-13/h12-13,16H,2-11H2,1H3,(H,17,19). The summed E-state index contributed by atoms with van der Waals surface area (Å²) in [5.41, 5.74) is 0. The van der Waals surface area contributed by atoms with Crippen molar-refractivity contribution in [2.75, 3.05) is 26.2 Å². The van der Waals surface area contributed by atoms with Gasteiger partial charge in [0.15, 0.2) is 0 Å². The average Bonchev–Trinajstić information content (AvgIpc) is 2.48. The van der Waals surface area contributed by atoms with Crippen molar-refractivity contribution >= 4 is 11.8 Å². The fourth-order valence-corrected chi connectivity index (χ4v) is 3.11. The van der Waals surface area contributed by atoms with E-state index in [1.54, 1.807) is 6.92 Å². The van der Waals surface area contributed by atoms with Crippen LogP contribution >= 0.6 is 0 Å². The van der Waals surface area contributed by atoms with Crippen LogP contribution in [0.4, 0.5) is 0 Å². The molecule has 2 amide bonds. The number of amides is 2. The third-order valence-electron chi connectivity index (χ3n) is 4.29. The number of carbonyl (C=O) groups is 2. The number of nitrogens with zero attached hydrogens (tertiary/aromatic N) is 1. The van der Waals surface area contributed by atoms with Crippen LogP contribution in [-0.4, -0.2) is 48.9 Å².